The monoisotopic (exact) mass is 334 g/mol. The highest BCUT2D eigenvalue weighted by atomic mass is 16.6. The topological polar surface area (TPSA) is 103 Å². The van der Waals surface area contributed by atoms with Crippen molar-refractivity contribution in [2.45, 2.75) is 20.0 Å². The van der Waals surface area contributed by atoms with Crippen LogP contribution in [-0.2, 0) is 19.1 Å². The molecule has 0 aromatic heterocycles. The van der Waals surface area contributed by atoms with E-state index in [-0.39, 0.29) is 6.61 Å². The van der Waals surface area contributed by atoms with Crippen LogP contribution in [0.1, 0.15) is 13.8 Å². The minimum absolute atomic E-state index is 0.0221. The van der Waals surface area contributed by atoms with Crippen molar-refractivity contribution in [3.05, 3.63) is 35.9 Å². The number of para-hydroxylation sites is 2. The molecule has 8 nitrogen and oxygen atoms in total. The standard InChI is InChI=1S/C16H18N2O6/c1-10(2)7-15(20)23-9-14(19)17-18-16(21)13-8-22-11-5-3-4-6-12(11)24-13/h3-7,13H,8-9H2,1-2H3,(H,17,19)(H,18,21)/t13-/m1/s1. The first-order valence-electron chi connectivity index (χ1n) is 7.24. The Morgan fingerprint density at radius 1 is 1.21 bits per heavy atom. The van der Waals surface area contributed by atoms with Gasteiger partial charge in [0.2, 0.25) is 6.10 Å². The fraction of sp³-hybridized carbons (Fsp3) is 0.312. The lowest BCUT2D eigenvalue weighted by molar-refractivity contribution is -0.145. The van der Waals surface area contributed by atoms with E-state index in [9.17, 15) is 14.4 Å². The molecule has 1 aliphatic rings. The van der Waals surface area contributed by atoms with E-state index < -0.39 is 30.5 Å². The number of amides is 2. The second kappa shape index (κ2) is 8.00. The lowest BCUT2D eigenvalue weighted by Gasteiger charge is -2.25. The third-order valence-electron chi connectivity index (χ3n) is 2.88. The average molecular weight is 334 g/mol. The molecule has 0 radical (unpaired) electrons. The van der Waals surface area contributed by atoms with Crippen LogP contribution in [0.3, 0.4) is 0 Å². The van der Waals surface area contributed by atoms with Crippen molar-refractivity contribution in [1.29, 1.82) is 0 Å². The molecule has 0 saturated heterocycles. The van der Waals surface area contributed by atoms with Crippen molar-refractivity contribution >= 4 is 17.8 Å². The van der Waals surface area contributed by atoms with E-state index in [0.717, 1.165) is 5.57 Å². The summed E-state index contributed by atoms with van der Waals surface area (Å²) in [5.74, 6) is -0.871. The van der Waals surface area contributed by atoms with Crippen LogP contribution in [0.5, 0.6) is 11.5 Å². The summed E-state index contributed by atoms with van der Waals surface area (Å²) in [6, 6.07) is 6.95. The highest BCUT2D eigenvalue weighted by Gasteiger charge is 2.27. The Labute approximate surface area is 138 Å². The highest BCUT2D eigenvalue weighted by Crippen LogP contribution is 2.30. The van der Waals surface area contributed by atoms with Gasteiger partial charge in [-0.3, -0.25) is 20.4 Å². The Hall–Kier alpha value is -3.03. The molecule has 2 amide bonds. The first kappa shape index (κ1) is 17.3. The molecule has 24 heavy (non-hydrogen) atoms. The lowest BCUT2D eigenvalue weighted by atomic mass is 10.2. The van der Waals surface area contributed by atoms with E-state index in [2.05, 4.69) is 10.9 Å². The minimum Gasteiger partial charge on any atom is -0.485 e. The van der Waals surface area contributed by atoms with Crippen LogP contribution in [0.15, 0.2) is 35.9 Å². The summed E-state index contributed by atoms with van der Waals surface area (Å²) in [5, 5.41) is 0. The number of carbonyl (C=O) groups excluding carboxylic acids is 3. The largest absolute Gasteiger partial charge is 0.485 e. The number of benzene rings is 1. The Kier molecular flexibility index (Phi) is 5.78. The molecule has 1 aromatic rings. The fourth-order valence-corrected chi connectivity index (χ4v) is 1.81. The Morgan fingerprint density at radius 3 is 2.62 bits per heavy atom. The Morgan fingerprint density at radius 2 is 1.92 bits per heavy atom. The van der Waals surface area contributed by atoms with E-state index in [1.54, 1.807) is 38.1 Å². The number of ether oxygens (including phenoxy) is 3. The first-order valence-corrected chi connectivity index (χ1v) is 7.24. The quantitative estimate of drug-likeness (QED) is 0.472. The Bertz CT molecular complexity index is 666. The summed E-state index contributed by atoms with van der Waals surface area (Å²) in [5.41, 5.74) is 5.09. The van der Waals surface area contributed by atoms with Gasteiger partial charge in [-0.25, -0.2) is 4.79 Å². The molecule has 0 fully saturated rings. The zero-order valence-electron chi connectivity index (χ0n) is 13.3. The van der Waals surface area contributed by atoms with Crippen LogP contribution in [0.25, 0.3) is 0 Å². The minimum atomic E-state index is -0.895. The zero-order valence-corrected chi connectivity index (χ0v) is 13.3. The highest BCUT2D eigenvalue weighted by molar-refractivity contribution is 5.88. The van der Waals surface area contributed by atoms with Crippen LogP contribution in [0, 0.1) is 0 Å². The van der Waals surface area contributed by atoms with E-state index in [1.807, 2.05) is 0 Å². The van der Waals surface area contributed by atoms with Gasteiger partial charge in [-0.1, -0.05) is 17.7 Å². The molecule has 0 saturated carbocycles. The molecule has 2 rings (SSSR count). The molecule has 0 bridgehead atoms. The number of hydrogen-bond acceptors (Lipinski definition) is 6. The first-order chi connectivity index (χ1) is 11.5. The maximum atomic E-state index is 11.9. The summed E-state index contributed by atoms with van der Waals surface area (Å²) in [6.07, 6.45) is 0.365. The average Bonchev–Trinajstić information content (AvgIpc) is 2.56. The van der Waals surface area contributed by atoms with Crippen LogP contribution in [0.4, 0.5) is 0 Å². The summed E-state index contributed by atoms with van der Waals surface area (Å²) < 4.78 is 15.6. The van der Waals surface area contributed by atoms with Crippen molar-refractivity contribution in [2.75, 3.05) is 13.2 Å². The van der Waals surface area contributed by atoms with Gasteiger partial charge in [-0.15, -0.1) is 0 Å². The molecule has 2 N–H and O–H groups in total. The second-order valence-corrected chi connectivity index (χ2v) is 5.23. The maximum absolute atomic E-state index is 11.9. The van der Waals surface area contributed by atoms with E-state index in [0.29, 0.717) is 11.5 Å². The van der Waals surface area contributed by atoms with Crippen molar-refractivity contribution in [3.63, 3.8) is 0 Å². The summed E-state index contributed by atoms with van der Waals surface area (Å²) in [7, 11) is 0. The van der Waals surface area contributed by atoms with Crippen molar-refractivity contribution in [3.8, 4) is 11.5 Å². The fourth-order valence-electron chi connectivity index (χ4n) is 1.81. The number of nitrogens with one attached hydrogen (secondary N) is 2. The van der Waals surface area contributed by atoms with Crippen LogP contribution >= 0.6 is 0 Å². The number of hydrazine groups is 1. The SMILES string of the molecule is CC(C)=CC(=O)OCC(=O)NNC(=O)[C@H]1COc2ccccc2O1. The summed E-state index contributed by atoms with van der Waals surface area (Å²) in [6.45, 7) is 2.97. The summed E-state index contributed by atoms with van der Waals surface area (Å²) >= 11 is 0. The van der Waals surface area contributed by atoms with Gasteiger partial charge < -0.3 is 14.2 Å². The molecule has 1 aliphatic heterocycles. The number of fused-ring (bicyclic) bond motifs is 1. The van der Waals surface area contributed by atoms with Crippen LogP contribution in [0.2, 0.25) is 0 Å². The predicted octanol–water partition coefficient (Wildman–Crippen LogP) is 0.483. The van der Waals surface area contributed by atoms with E-state index in [4.69, 9.17) is 14.2 Å². The molecule has 1 aromatic carbocycles. The molecule has 128 valence electrons. The van der Waals surface area contributed by atoms with Gasteiger partial charge in [0.1, 0.15) is 6.61 Å². The van der Waals surface area contributed by atoms with Gasteiger partial charge >= 0.3 is 5.97 Å². The second-order valence-electron chi connectivity index (χ2n) is 5.23. The van der Waals surface area contributed by atoms with Crippen LogP contribution < -0.4 is 20.3 Å². The van der Waals surface area contributed by atoms with Crippen molar-refractivity contribution < 1.29 is 28.6 Å². The van der Waals surface area contributed by atoms with Gasteiger partial charge in [-0.2, -0.15) is 0 Å². The molecule has 0 spiro atoms. The summed E-state index contributed by atoms with van der Waals surface area (Å²) in [4.78, 5) is 34.7. The normalized spacial score (nSPS) is 15.0. The molecule has 1 heterocycles. The zero-order chi connectivity index (χ0) is 17.5. The van der Waals surface area contributed by atoms with Gasteiger partial charge in [-0.05, 0) is 26.0 Å². The van der Waals surface area contributed by atoms with Crippen LogP contribution in [-0.4, -0.2) is 37.1 Å². The van der Waals surface area contributed by atoms with Gasteiger partial charge in [0.15, 0.2) is 18.1 Å². The van der Waals surface area contributed by atoms with Gasteiger partial charge in [0.25, 0.3) is 11.8 Å². The molecule has 0 aliphatic carbocycles. The van der Waals surface area contributed by atoms with Gasteiger partial charge in [0.05, 0.1) is 0 Å². The van der Waals surface area contributed by atoms with E-state index in [1.165, 1.54) is 6.08 Å². The van der Waals surface area contributed by atoms with Crippen molar-refractivity contribution in [1.82, 2.24) is 10.9 Å². The number of rotatable bonds is 4. The maximum Gasteiger partial charge on any atom is 0.331 e. The molecule has 1 atom stereocenters. The molecule has 0 unspecified atom stereocenters. The number of allylic oxidation sites excluding steroid dienone is 1. The smallest absolute Gasteiger partial charge is 0.331 e. The Balaban J connectivity index is 1.74. The number of esters is 1. The number of hydrogen-bond donors (Lipinski definition) is 2. The number of carbonyl (C=O) groups is 3. The third kappa shape index (κ3) is 5.01. The van der Waals surface area contributed by atoms with Gasteiger partial charge in [0, 0.05) is 6.08 Å². The molecule has 8 heteroatoms. The third-order valence-corrected chi connectivity index (χ3v) is 2.88. The lowest BCUT2D eigenvalue weighted by Crippen LogP contribution is -2.51. The van der Waals surface area contributed by atoms with Crippen molar-refractivity contribution in [2.24, 2.45) is 0 Å². The van der Waals surface area contributed by atoms with E-state index >= 15 is 0 Å². The molecular formula is C16H18N2O6. The molecular weight excluding hydrogens is 316 g/mol. The predicted molar refractivity (Wildman–Crippen MR) is 83.0 cm³/mol.